The highest BCUT2D eigenvalue weighted by Crippen LogP contribution is 2.24. The van der Waals surface area contributed by atoms with Crippen molar-refractivity contribution in [1.29, 1.82) is 0 Å². The van der Waals surface area contributed by atoms with Gasteiger partial charge in [-0.2, -0.15) is 0 Å². The van der Waals surface area contributed by atoms with Crippen LogP contribution in [0.2, 0.25) is 0 Å². The molecular weight excluding hydrogens is 308 g/mol. The smallest absolute Gasteiger partial charge is 0.432 e. The molecule has 1 aromatic rings. The van der Waals surface area contributed by atoms with Gasteiger partial charge in [-0.3, -0.25) is 0 Å². The Morgan fingerprint density at radius 1 is 1.24 bits per heavy atom. The molecule has 0 spiro atoms. The molecule has 8 heteroatoms. The van der Waals surface area contributed by atoms with Gasteiger partial charge in [-0.1, -0.05) is 6.58 Å². The molecule has 0 amide bonds. The number of hydrogen-bond donors (Lipinski definition) is 0. The Balaban J connectivity index is 3.46. The third kappa shape index (κ3) is 4.04. The third-order valence-electron chi connectivity index (χ3n) is 2.76. The van der Waals surface area contributed by atoms with Crippen LogP contribution in [0.3, 0.4) is 0 Å². The lowest BCUT2D eigenvalue weighted by molar-refractivity contribution is -0.291. The van der Waals surface area contributed by atoms with Gasteiger partial charge in [0.25, 0.3) is 0 Å². The average molecular weight is 320 g/mol. The number of ether oxygens (including phenoxy) is 2. The highest BCUT2D eigenvalue weighted by atomic mass is 31.0. The predicted molar refractivity (Wildman–Crippen MR) is 72.3 cm³/mol. The highest BCUT2D eigenvalue weighted by Gasteiger charge is 2.36. The topological polar surface area (TPSA) is 52.6 Å². The Morgan fingerprint density at radius 3 is 2.29 bits per heavy atom. The number of alkyl halides is 3. The lowest BCUT2D eigenvalue weighted by atomic mass is 9.97. The molecule has 21 heavy (non-hydrogen) atoms. The SMILES string of the molecule is C=COC(=O)c1c(C(=O)OC(F)(F)F)cc(P)c(C)c1C. The van der Waals surface area contributed by atoms with Crippen molar-refractivity contribution < 1.29 is 32.2 Å². The first-order valence-corrected chi connectivity index (χ1v) is 6.17. The van der Waals surface area contributed by atoms with Gasteiger partial charge in [-0.05, 0) is 36.3 Å². The molecule has 0 heterocycles. The summed E-state index contributed by atoms with van der Waals surface area (Å²) in [5.74, 6) is -2.66. The van der Waals surface area contributed by atoms with E-state index in [0.717, 1.165) is 12.3 Å². The largest absolute Gasteiger partial charge is 0.575 e. The molecule has 1 aromatic carbocycles. The summed E-state index contributed by atoms with van der Waals surface area (Å²) < 4.78 is 44.4. The van der Waals surface area contributed by atoms with Gasteiger partial charge in [0.2, 0.25) is 0 Å². The molecule has 0 aliphatic heterocycles. The van der Waals surface area contributed by atoms with Crippen LogP contribution in [0.25, 0.3) is 0 Å². The normalized spacial score (nSPS) is 11.0. The number of carbonyl (C=O) groups is 2. The van der Waals surface area contributed by atoms with E-state index in [2.05, 4.69) is 25.3 Å². The summed E-state index contributed by atoms with van der Waals surface area (Å²) in [6.45, 7) is 6.33. The summed E-state index contributed by atoms with van der Waals surface area (Å²) in [5, 5.41) is 0.469. The number of benzene rings is 1. The van der Waals surface area contributed by atoms with E-state index in [1.165, 1.54) is 6.92 Å². The Hall–Kier alpha value is -1.88. The summed E-state index contributed by atoms with van der Waals surface area (Å²) in [7, 11) is 2.27. The van der Waals surface area contributed by atoms with Crippen LogP contribution >= 0.6 is 9.24 Å². The van der Waals surface area contributed by atoms with Gasteiger partial charge in [0.1, 0.15) is 0 Å². The van der Waals surface area contributed by atoms with Gasteiger partial charge >= 0.3 is 18.3 Å². The molecule has 0 N–H and O–H groups in total. The second kappa shape index (κ2) is 6.26. The number of halogens is 3. The van der Waals surface area contributed by atoms with Crippen molar-refractivity contribution in [3.63, 3.8) is 0 Å². The Morgan fingerprint density at radius 2 is 1.81 bits per heavy atom. The molecule has 0 aliphatic carbocycles. The van der Waals surface area contributed by atoms with E-state index in [9.17, 15) is 22.8 Å². The minimum absolute atomic E-state index is 0.284. The molecule has 0 saturated heterocycles. The molecule has 0 aromatic heterocycles. The molecule has 4 nitrogen and oxygen atoms in total. The van der Waals surface area contributed by atoms with E-state index in [4.69, 9.17) is 0 Å². The maximum Gasteiger partial charge on any atom is 0.575 e. The molecule has 114 valence electrons. The van der Waals surface area contributed by atoms with Crippen molar-refractivity contribution >= 4 is 26.5 Å². The lowest BCUT2D eigenvalue weighted by Gasteiger charge is -2.15. The monoisotopic (exact) mass is 320 g/mol. The zero-order valence-electron chi connectivity index (χ0n) is 11.2. The second-order valence-electron chi connectivity index (χ2n) is 4.05. The number of esters is 2. The van der Waals surface area contributed by atoms with Gasteiger partial charge < -0.3 is 9.47 Å². The second-order valence-corrected chi connectivity index (χ2v) is 4.67. The lowest BCUT2D eigenvalue weighted by Crippen LogP contribution is -2.24. The first-order valence-electron chi connectivity index (χ1n) is 5.60. The standard InChI is InChI=1S/C13H12F3O4P/c1-4-19-12(18)10-7(3)6(2)9(21)5-8(10)11(17)20-13(14,15)16/h4-5H,1,21H2,2-3H3. The van der Waals surface area contributed by atoms with Gasteiger partial charge in [-0.25, -0.2) is 9.59 Å². The van der Waals surface area contributed by atoms with Gasteiger partial charge in [0.15, 0.2) is 0 Å². The first kappa shape index (κ1) is 17.2. The summed E-state index contributed by atoms with van der Waals surface area (Å²) in [6.07, 6.45) is -4.32. The Bertz CT molecular complexity index is 608. The quantitative estimate of drug-likeness (QED) is 0.488. The van der Waals surface area contributed by atoms with E-state index in [0.29, 0.717) is 16.4 Å². The maximum absolute atomic E-state index is 12.2. The van der Waals surface area contributed by atoms with Crippen molar-refractivity contribution in [2.75, 3.05) is 0 Å². The zero-order valence-corrected chi connectivity index (χ0v) is 12.4. The van der Waals surface area contributed by atoms with Gasteiger partial charge in [0.05, 0.1) is 17.4 Å². The van der Waals surface area contributed by atoms with Crippen molar-refractivity contribution in [2.24, 2.45) is 0 Å². The molecule has 0 saturated carbocycles. The summed E-state index contributed by atoms with van der Waals surface area (Å²) in [5.41, 5.74) is 0.142. The van der Waals surface area contributed by atoms with E-state index < -0.39 is 23.9 Å². The predicted octanol–water partition coefficient (Wildman–Crippen LogP) is 2.78. The average Bonchev–Trinajstić information content (AvgIpc) is 2.33. The van der Waals surface area contributed by atoms with E-state index in [-0.39, 0.29) is 5.56 Å². The molecule has 0 radical (unpaired) electrons. The summed E-state index contributed by atoms with van der Waals surface area (Å²) in [4.78, 5) is 23.5. The number of rotatable bonds is 3. The fourth-order valence-electron chi connectivity index (χ4n) is 1.66. The molecule has 1 unspecified atom stereocenters. The molecule has 0 fully saturated rings. The van der Waals surface area contributed by atoms with Gasteiger partial charge in [0, 0.05) is 0 Å². The van der Waals surface area contributed by atoms with Crippen molar-refractivity contribution in [2.45, 2.75) is 20.2 Å². The van der Waals surface area contributed by atoms with Crippen LogP contribution in [-0.2, 0) is 9.47 Å². The molecule has 1 atom stereocenters. The van der Waals surface area contributed by atoms with E-state index in [1.54, 1.807) is 6.92 Å². The molecular formula is C13H12F3O4P. The minimum atomic E-state index is -5.14. The van der Waals surface area contributed by atoms with Crippen molar-refractivity contribution in [3.05, 3.63) is 41.2 Å². The highest BCUT2D eigenvalue weighted by molar-refractivity contribution is 7.27. The van der Waals surface area contributed by atoms with Crippen molar-refractivity contribution in [3.8, 4) is 0 Å². The van der Waals surface area contributed by atoms with Crippen LogP contribution < -0.4 is 5.30 Å². The van der Waals surface area contributed by atoms with Crippen molar-refractivity contribution in [1.82, 2.24) is 0 Å². The van der Waals surface area contributed by atoms with Gasteiger partial charge in [-0.15, -0.1) is 22.4 Å². The fraction of sp³-hybridized carbons (Fsp3) is 0.231. The number of hydrogen-bond acceptors (Lipinski definition) is 4. The fourth-order valence-corrected chi connectivity index (χ4v) is 2.04. The maximum atomic E-state index is 12.2. The summed E-state index contributed by atoms with van der Waals surface area (Å²) in [6, 6.07) is 1.13. The first-order chi connectivity index (χ1) is 9.58. The molecule has 1 rings (SSSR count). The van der Waals surface area contributed by atoms with Crippen LogP contribution in [0.15, 0.2) is 18.9 Å². The van der Waals surface area contributed by atoms with Crippen LogP contribution in [0.4, 0.5) is 13.2 Å². The minimum Gasteiger partial charge on any atom is -0.432 e. The van der Waals surface area contributed by atoms with E-state index in [1.807, 2.05) is 0 Å². The Labute approximate surface area is 121 Å². The number of carbonyl (C=O) groups excluding carboxylic acids is 2. The Kier molecular flexibility index (Phi) is 5.12. The van der Waals surface area contributed by atoms with Crippen LogP contribution in [0.5, 0.6) is 0 Å². The molecule has 0 aliphatic rings. The van der Waals surface area contributed by atoms with Crippen LogP contribution in [0.1, 0.15) is 31.8 Å². The zero-order chi connectivity index (χ0) is 16.4. The third-order valence-corrected chi connectivity index (χ3v) is 3.36. The van der Waals surface area contributed by atoms with Crippen LogP contribution in [0, 0.1) is 13.8 Å². The van der Waals surface area contributed by atoms with E-state index >= 15 is 0 Å². The van der Waals surface area contributed by atoms with Crippen LogP contribution in [-0.4, -0.2) is 18.3 Å². The summed E-state index contributed by atoms with van der Waals surface area (Å²) >= 11 is 0. The molecule has 0 bridgehead atoms.